The fraction of sp³-hybridized carbons (Fsp3) is 0.150. The standard InChI is InChI=1S/C20H21N5O2/c1-24(13-16-12-23-25(14-16)18-8-3-2-4-9-18)20(27)22-11-15-6-5-7-17(10-15)19(21)26/h2-10,12,14H,11,13H2,1H3,(H2,21,26)(H,22,27). The Morgan fingerprint density at radius 1 is 1.11 bits per heavy atom. The number of nitrogens with one attached hydrogen (secondary N) is 1. The SMILES string of the molecule is CN(Cc1cnn(-c2ccccc2)c1)C(=O)NCc1cccc(C(N)=O)c1. The van der Waals surface area contributed by atoms with Crippen LogP contribution in [0.5, 0.6) is 0 Å². The first-order valence-electron chi connectivity index (χ1n) is 8.49. The molecule has 0 atom stereocenters. The fourth-order valence-electron chi connectivity index (χ4n) is 2.66. The van der Waals surface area contributed by atoms with Crippen LogP contribution in [0, 0.1) is 0 Å². The van der Waals surface area contributed by atoms with Gasteiger partial charge in [0.25, 0.3) is 0 Å². The molecule has 3 amide bonds. The van der Waals surface area contributed by atoms with Crippen LogP contribution in [0.4, 0.5) is 4.79 Å². The number of amides is 3. The van der Waals surface area contributed by atoms with Crippen LogP contribution in [-0.4, -0.2) is 33.7 Å². The highest BCUT2D eigenvalue weighted by Crippen LogP contribution is 2.09. The smallest absolute Gasteiger partial charge is 0.317 e. The van der Waals surface area contributed by atoms with Crippen molar-refractivity contribution < 1.29 is 9.59 Å². The molecule has 2 aromatic carbocycles. The average Bonchev–Trinajstić information content (AvgIpc) is 3.15. The number of primary amides is 1. The van der Waals surface area contributed by atoms with Gasteiger partial charge in [0.05, 0.1) is 18.4 Å². The number of aromatic nitrogens is 2. The number of carbonyl (C=O) groups is 2. The van der Waals surface area contributed by atoms with Crippen molar-refractivity contribution in [1.29, 1.82) is 0 Å². The van der Waals surface area contributed by atoms with Gasteiger partial charge < -0.3 is 16.0 Å². The van der Waals surface area contributed by atoms with Gasteiger partial charge in [0, 0.05) is 30.9 Å². The second kappa shape index (κ2) is 8.18. The van der Waals surface area contributed by atoms with Gasteiger partial charge in [0.15, 0.2) is 0 Å². The second-order valence-electron chi connectivity index (χ2n) is 6.21. The van der Waals surface area contributed by atoms with Crippen molar-refractivity contribution in [3.63, 3.8) is 0 Å². The summed E-state index contributed by atoms with van der Waals surface area (Å²) in [6.07, 6.45) is 3.64. The molecule has 3 rings (SSSR count). The maximum Gasteiger partial charge on any atom is 0.317 e. The summed E-state index contributed by atoms with van der Waals surface area (Å²) in [6, 6.07) is 16.4. The van der Waals surface area contributed by atoms with Crippen LogP contribution in [0.2, 0.25) is 0 Å². The summed E-state index contributed by atoms with van der Waals surface area (Å²) in [4.78, 5) is 25.1. The van der Waals surface area contributed by atoms with E-state index in [1.807, 2.05) is 42.6 Å². The average molecular weight is 363 g/mol. The summed E-state index contributed by atoms with van der Waals surface area (Å²) in [5, 5.41) is 7.16. The molecule has 1 aromatic heterocycles. The van der Waals surface area contributed by atoms with Crippen molar-refractivity contribution >= 4 is 11.9 Å². The van der Waals surface area contributed by atoms with Crippen LogP contribution < -0.4 is 11.1 Å². The normalized spacial score (nSPS) is 10.4. The molecule has 7 nitrogen and oxygen atoms in total. The number of nitrogens with two attached hydrogens (primary N) is 1. The number of benzene rings is 2. The summed E-state index contributed by atoms with van der Waals surface area (Å²) in [6.45, 7) is 0.744. The van der Waals surface area contributed by atoms with Crippen LogP contribution in [0.25, 0.3) is 5.69 Å². The molecule has 0 unspecified atom stereocenters. The minimum absolute atomic E-state index is 0.216. The van der Waals surface area contributed by atoms with E-state index >= 15 is 0 Å². The quantitative estimate of drug-likeness (QED) is 0.704. The Balaban J connectivity index is 1.56. The Hall–Kier alpha value is -3.61. The van der Waals surface area contributed by atoms with Gasteiger partial charge in [-0.1, -0.05) is 30.3 Å². The van der Waals surface area contributed by atoms with Crippen molar-refractivity contribution in [3.8, 4) is 5.69 Å². The number of rotatable bonds is 6. The monoisotopic (exact) mass is 363 g/mol. The molecular formula is C20H21N5O2. The summed E-state index contributed by atoms with van der Waals surface area (Å²) in [5.74, 6) is -0.490. The molecule has 1 heterocycles. The molecule has 0 radical (unpaired) electrons. The molecule has 138 valence electrons. The van der Waals surface area contributed by atoms with Gasteiger partial charge in [-0.25, -0.2) is 9.48 Å². The highest BCUT2D eigenvalue weighted by atomic mass is 16.2. The Morgan fingerprint density at radius 3 is 2.63 bits per heavy atom. The number of hydrogen-bond donors (Lipinski definition) is 2. The lowest BCUT2D eigenvalue weighted by atomic mass is 10.1. The molecule has 0 aliphatic carbocycles. The summed E-state index contributed by atoms with van der Waals surface area (Å²) in [5.41, 5.74) is 8.39. The minimum atomic E-state index is -0.490. The van der Waals surface area contributed by atoms with E-state index < -0.39 is 5.91 Å². The van der Waals surface area contributed by atoms with Gasteiger partial charge in [-0.3, -0.25) is 4.79 Å². The van der Waals surface area contributed by atoms with E-state index in [1.54, 1.807) is 41.0 Å². The molecule has 0 bridgehead atoms. The zero-order valence-corrected chi connectivity index (χ0v) is 15.0. The molecule has 0 aliphatic heterocycles. The largest absolute Gasteiger partial charge is 0.366 e. The van der Waals surface area contributed by atoms with Gasteiger partial charge in [-0.15, -0.1) is 0 Å². The number of carbonyl (C=O) groups excluding carboxylic acids is 2. The Kier molecular flexibility index (Phi) is 5.51. The Bertz CT molecular complexity index is 936. The molecule has 0 aliphatic rings. The molecule has 0 fully saturated rings. The maximum absolute atomic E-state index is 12.3. The molecule has 27 heavy (non-hydrogen) atoms. The Morgan fingerprint density at radius 2 is 1.89 bits per heavy atom. The van der Waals surface area contributed by atoms with Crippen LogP contribution in [0.1, 0.15) is 21.5 Å². The van der Waals surface area contributed by atoms with Gasteiger partial charge >= 0.3 is 6.03 Å². The van der Waals surface area contributed by atoms with Crippen LogP contribution in [-0.2, 0) is 13.1 Å². The predicted octanol–water partition coefficient (Wildman–Crippen LogP) is 2.31. The van der Waals surface area contributed by atoms with Crippen LogP contribution >= 0.6 is 0 Å². The first-order chi connectivity index (χ1) is 13.0. The molecule has 7 heteroatoms. The van der Waals surface area contributed by atoms with Gasteiger partial charge in [-0.2, -0.15) is 5.10 Å². The third-order valence-electron chi connectivity index (χ3n) is 4.08. The number of hydrogen-bond acceptors (Lipinski definition) is 3. The first kappa shape index (κ1) is 18.2. The first-order valence-corrected chi connectivity index (χ1v) is 8.49. The molecular weight excluding hydrogens is 342 g/mol. The van der Waals surface area contributed by atoms with E-state index in [2.05, 4.69) is 10.4 Å². The van der Waals surface area contributed by atoms with Crippen molar-refractivity contribution in [2.24, 2.45) is 5.73 Å². The lowest BCUT2D eigenvalue weighted by molar-refractivity contribution is 0.1000. The lowest BCUT2D eigenvalue weighted by Crippen LogP contribution is -2.36. The molecule has 3 aromatic rings. The van der Waals surface area contributed by atoms with Crippen molar-refractivity contribution in [1.82, 2.24) is 20.0 Å². The zero-order valence-electron chi connectivity index (χ0n) is 15.0. The van der Waals surface area contributed by atoms with Gasteiger partial charge in [0.1, 0.15) is 0 Å². The molecule has 0 saturated heterocycles. The van der Waals surface area contributed by atoms with Crippen LogP contribution in [0.15, 0.2) is 67.0 Å². The molecule has 3 N–H and O–H groups in total. The number of para-hydroxylation sites is 1. The highest BCUT2D eigenvalue weighted by molar-refractivity contribution is 5.92. The number of urea groups is 1. The van der Waals surface area contributed by atoms with Crippen LogP contribution in [0.3, 0.4) is 0 Å². The topological polar surface area (TPSA) is 93.2 Å². The lowest BCUT2D eigenvalue weighted by Gasteiger charge is -2.17. The van der Waals surface area contributed by atoms with Crippen molar-refractivity contribution in [3.05, 3.63) is 83.7 Å². The third kappa shape index (κ3) is 4.72. The van der Waals surface area contributed by atoms with E-state index in [4.69, 9.17) is 5.73 Å². The minimum Gasteiger partial charge on any atom is -0.366 e. The maximum atomic E-state index is 12.3. The third-order valence-corrected chi connectivity index (χ3v) is 4.08. The predicted molar refractivity (Wildman–Crippen MR) is 102 cm³/mol. The van der Waals surface area contributed by atoms with Gasteiger partial charge in [-0.05, 0) is 29.8 Å². The summed E-state index contributed by atoms with van der Waals surface area (Å²) < 4.78 is 1.77. The van der Waals surface area contributed by atoms with Gasteiger partial charge in [0.2, 0.25) is 5.91 Å². The summed E-state index contributed by atoms with van der Waals surface area (Å²) >= 11 is 0. The zero-order chi connectivity index (χ0) is 19.2. The van der Waals surface area contributed by atoms with E-state index in [0.717, 1.165) is 16.8 Å². The molecule has 0 spiro atoms. The highest BCUT2D eigenvalue weighted by Gasteiger charge is 2.11. The van der Waals surface area contributed by atoms with Crippen molar-refractivity contribution in [2.75, 3.05) is 7.05 Å². The van der Waals surface area contributed by atoms with E-state index in [-0.39, 0.29) is 6.03 Å². The molecule has 0 saturated carbocycles. The van der Waals surface area contributed by atoms with E-state index in [0.29, 0.717) is 18.7 Å². The number of nitrogens with zero attached hydrogens (tertiary/aromatic N) is 3. The second-order valence-corrected chi connectivity index (χ2v) is 6.21. The Labute approximate surface area is 157 Å². The fourth-order valence-corrected chi connectivity index (χ4v) is 2.66. The van der Waals surface area contributed by atoms with E-state index in [9.17, 15) is 9.59 Å². The van der Waals surface area contributed by atoms with E-state index in [1.165, 1.54) is 0 Å². The summed E-state index contributed by atoms with van der Waals surface area (Å²) in [7, 11) is 1.72. The van der Waals surface area contributed by atoms with Crippen molar-refractivity contribution in [2.45, 2.75) is 13.1 Å².